The van der Waals surface area contributed by atoms with E-state index in [1.165, 1.54) is 16.8 Å². The number of nitrogens with one attached hydrogen (secondary N) is 1. The van der Waals surface area contributed by atoms with Gasteiger partial charge in [-0.2, -0.15) is 0 Å². The molecular weight excluding hydrogens is 210 g/mol. The summed E-state index contributed by atoms with van der Waals surface area (Å²) in [6.45, 7) is 8.56. The molecule has 1 heterocycles. The maximum atomic E-state index is 4.29. The molecule has 0 fully saturated rings. The Balaban J connectivity index is 2.35. The van der Waals surface area contributed by atoms with Gasteiger partial charge in [-0.1, -0.05) is 0 Å². The first-order valence-electron chi connectivity index (χ1n) is 6.11. The molecule has 0 saturated carbocycles. The van der Waals surface area contributed by atoms with Gasteiger partial charge in [-0.15, -0.1) is 0 Å². The van der Waals surface area contributed by atoms with Crippen molar-refractivity contribution < 1.29 is 0 Å². The first-order valence-corrected chi connectivity index (χ1v) is 6.11. The lowest BCUT2D eigenvalue weighted by atomic mass is 10.1. The Bertz CT molecular complexity index is 470. The van der Waals surface area contributed by atoms with Gasteiger partial charge in [0.25, 0.3) is 0 Å². The molecule has 0 spiro atoms. The number of hydrogen-bond acceptors (Lipinski definition) is 2. The van der Waals surface area contributed by atoms with Crippen LogP contribution in [-0.2, 0) is 0 Å². The molecule has 3 heteroatoms. The van der Waals surface area contributed by atoms with Gasteiger partial charge in [0.2, 0.25) is 0 Å². The molecule has 0 aliphatic carbocycles. The zero-order chi connectivity index (χ0) is 12.3. The SMILES string of the molecule is CCN(CC)c1ccc(-c2ncc[nH]2)c(C)c1. The minimum absolute atomic E-state index is 0.939. The molecule has 2 aromatic rings. The monoisotopic (exact) mass is 229 g/mol. The van der Waals surface area contributed by atoms with E-state index in [0.717, 1.165) is 18.9 Å². The first kappa shape index (κ1) is 11.7. The van der Waals surface area contributed by atoms with E-state index in [1.54, 1.807) is 6.20 Å². The second-order valence-corrected chi connectivity index (χ2v) is 4.11. The van der Waals surface area contributed by atoms with Crippen molar-refractivity contribution in [3.05, 3.63) is 36.2 Å². The molecule has 0 atom stereocenters. The van der Waals surface area contributed by atoms with Gasteiger partial charge in [0, 0.05) is 36.7 Å². The number of benzene rings is 1. The van der Waals surface area contributed by atoms with Crippen molar-refractivity contribution in [2.75, 3.05) is 18.0 Å². The number of nitrogens with zero attached hydrogens (tertiary/aromatic N) is 2. The fourth-order valence-corrected chi connectivity index (χ4v) is 2.11. The average Bonchev–Trinajstić information content (AvgIpc) is 2.84. The lowest BCUT2D eigenvalue weighted by Gasteiger charge is -2.22. The Hall–Kier alpha value is -1.77. The highest BCUT2D eigenvalue weighted by molar-refractivity contribution is 5.65. The molecule has 1 aromatic carbocycles. The van der Waals surface area contributed by atoms with Crippen LogP contribution in [0.1, 0.15) is 19.4 Å². The van der Waals surface area contributed by atoms with Gasteiger partial charge in [0.05, 0.1) is 0 Å². The number of aromatic amines is 1. The van der Waals surface area contributed by atoms with Gasteiger partial charge < -0.3 is 9.88 Å². The molecule has 0 radical (unpaired) electrons. The van der Waals surface area contributed by atoms with Gasteiger partial charge in [-0.25, -0.2) is 4.98 Å². The van der Waals surface area contributed by atoms with Crippen molar-refractivity contribution in [1.29, 1.82) is 0 Å². The van der Waals surface area contributed by atoms with Crippen LogP contribution >= 0.6 is 0 Å². The maximum absolute atomic E-state index is 4.29. The van der Waals surface area contributed by atoms with E-state index in [9.17, 15) is 0 Å². The van der Waals surface area contributed by atoms with E-state index >= 15 is 0 Å². The lowest BCUT2D eigenvalue weighted by molar-refractivity contribution is 0.865. The molecule has 0 aliphatic heterocycles. The molecule has 2 rings (SSSR count). The Labute approximate surface area is 103 Å². The summed E-state index contributed by atoms with van der Waals surface area (Å²) < 4.78 is 0. The number of aryl methyl sites for hydroxylation is 1. The topological polar surface area (TPSA) is 31.9 Å². The predicted molar refractivity (Wildman–Crippen MR) is 72.3 cm³/mol. The van der Waals surface area contributed by atoms with Gasteiger partial charge in [-0.05, 0) is 44.5 Å². The number of anilines is 1. The third-order valence-corrected chi connectivity index (χ3v) is 3.09. The molecule has 1 aromatic heterocycles. The summed E-state index contributed by atoms with van der Waals surface area (Å²) in [7, 11) is 0. The number of rotatable bonds is 4. The summed E-state index contributed by atoms with van der Waals surface area (Å²) in [6, 6.07) is 6.53. The van der Waals surface area contributed by atoms with Crippen molar-refractivity contribution in [2.45, 2.75) is 20.8 Å². The number of aromatic nitrogens is 2. The zero-order valence-corrected chi connectivity index (χ0v) is 10.7. The molecule has 0 amide bonds. The van der Waals surface area contributed by atoms with Crippen LogP contribution in [0.2, 0.25) is 0 Å². The minimum Gasteiger partial charge on any atom is -0.372 e. The average molecular weight is 229 g/mol. The van der Waals surface area contributed by atoms with Crippen molar-refractivity contribution in [3.8, 4) is 11.4 Å². The van der Waals surface area contributed by atoms with Crippen LogP contribution < -0.4 is 4.90 Å². The Morgan fingerprint density at radius 2 is 2.00 bits per heavy atom. The van der Waals surface area contributed by atoms with Crippen LogP contribution in [0.4, 0.5) is 5.69 Å². The summed E-state index contributed by atoms with van der Waals surface area (Å²) in [5.41, 5.74) is 3.71. The molecule has 90 valence electrons. The molecule has 0 aliphatic rings. The quantitative estimate of drug-likeness (QED) is 0.872. The second-order valence-electron chi connectivity index (χ2n) is 4.11. The van der Waals surface area contributed by atoms with E-state index < -0.39 is 0 Å². The Kier molecular flexibility index (Phi) is 3.47. The zero-order valence-electron chi connectivity index (χ0n) is 10.7. The highest BCUT2D eigenvalue weighted by Gasteiger charge is 2.07. The number of hydrogen-bond donors (Lipinski definition) is 1. The molecule has 17 heavy (non-hydrogen) atoms. The maximum Gasteiger partial charge on any atom is 0.137 e. The fraction of sp³-hybridized carbons (Fsp3) is 0.357. The van der Waals surface area contributed by atoms with Crippen molar-refractivity contribution >= 4 is 5.69 Å². The summed E-state index contributed by atoms with van der Waals surface area (Å²) >= 11 is 0. The van der Waals surface area contributed by atoms with Crippen molar-refractivity contribution in [2.24, 2.45) is 0 Å². The summed E-state index contributed by atoms with van der Waals surface area (Å²) in [4.78, 5) is 9.79. The van der Waals surface area contributed by atoms with Gasteiger partial charge in [0.1, 0.15) is 5.82 Å². The van der Waals surface area contributed by atoms with Crippen LogP contribution in [0, 0.1) is 6.92 Å². The summed E-state index contributed by atoms with van der Waals surface area (Å²) in [5, 5.41) is 0. The second kappa shape index (κ2) is 5.04. The highest BCUT2D eigenvalue weighted by Crippen LogP contribution is 2.24. The molecule has 0 saturated heterocycles. The van der Waals surface area contributed by atoms with E-state index in [2.05, 4.69) is 53.8 Å². The van der Waals surface area contributed by atoms with Gasteiger partial charge >= 0.3 is 0 Å². The van der Waals surface area contributed by atoms with E-state index in [1.807, 2.05) is 6.20 Å². The van der Waals surface area contributed by atoms with Crippen molar-refractivity contribution in [1.82, 2.24) is 9.97 Å². The van der Waals surface area contributed by atoms with Crippen LogP contribution in [0.3, 0.4) is 0 Å². The number of imidazole rings is 1. The molecule has 3 nitrogen and oxygen atoms in total. The summed E-state index contributed by atoms with van der Waals surface area (Å²) in [5.74, 6) is 0.939. The van der Waals surface area contributed by atoms with Crippen LogP contribution in [0.5, 0.6) is 0 Å². The Morgan fingerprint density at radius 1 is 1.24 bits per heavy atom. The fourth-order valence-electron chi connectivity index (χ4n) is 2.11. The smallest absolute Gasteiger partial charge is 0.137 e. The largest absolute Gasteiger partial charge is 0.372 e. The molecule has 1 N–H and O–H groups in total. The van der Waals surface area contributed by atoms with E-state index in [-0.39, 0.29) is 0 Å². The summed E-state index contributed by atoms with van der Waals surface area (Å²) in [6.07, 6.45) is 3.64. The molecular formula is C14H19N3. The minimum atomic E-state index is 0.939. The third kappa shape index (κ3) is 2.33. The van der Waals surface area contributed by atoms with E-state index in [4.69, 9.17) is 0 Å². The van der Waals surface area contributed by atoms with Gasteiger partial charge in [-0.3, -0.25) is 0 Å². The van der Waals surface area contributed by atoms with Crippen LogP contribution in [-0.4, -0.2) is 23.1 Å². The van der Waals surface area contributed by atoms with Crippen LogP contribution in [0.25, 0.3) is 11.4 Å². The number of H-pyrrole nitrogens is 1. The van der Waals surface area contributed by atoms with Crippen molar-refractivity contribution in [3.63, 3.8) is 0 Å². The standard InChI is InChI=1S/C14H19N3/c1-4-17(5-2)12-6-7-13(11(3)10-12)14-15-8-9-16-14/h6-10H,4-5H2,1-3H3,(H,15,16). The van der Waals surface area contributed by atoms with Gasteiger partial charge in [0.15, 0.2) is 0 Å². The van der Waals surface area contributed by atoms with E-state index in [0.29, 0.717) is 0 Å². The normalized spacial score (nSPS) is 10.5. The lowest BCUT2D eigenvalue weighted by Crippen LogP contribution is -2.21. The third-order valence-electron chi connectivity index (χ3n) is 3.09. The molecule has 0 bridgehead atoms. The molecule has 0 unspecified atom stereocenters. The highest BCUT2D eigenvalue weighted by atomic mass is 15.1. The Morgan fingerprint density at radius 3 is 2.53 bits per heavy atom. The van der Waals surface area contributed by atoms with Crippen LogP contribution in [0.15, 0.2) is 30.6 Å². The predicted octanol–water partition coefficient (Wildman–Crippen LogP) is 3.23. The first-order chi connectivity index (χ1) is 8.26.